The van der Waals surface area contributed by atoms with Crippen LogP contribution in [0.3, 0.4) is 0 Å². The maximum atomic E-state index is 11.3. The lowest BCUT2D eigenvalue weighted by Gasteiger charge is -2.04. The Kier molecular flexibility index (Phi) is 4.30. The number of nitrogens with one attached hydrogen (secondary N) is 1. The van der Waals surface area contributed by atoms with Gasteiger partial charge in [0, 0.05) is 32.0 Å². The third kappa shape index (κ3) is 2.87. The average Bonchev–Trinajstić information content (AvgIpc) is 2.70. The van der Waals surface area contributed by atoms with Crippen LogP contribution in [-0.4, -0.2) is 16.5 Å². The summed E-state index contributed by atoms with van der Waals surface area (Å²) in [6.07, 6.45) is 3.67. The second-order valence-electron chi connectivity index (χ2n) is 3.94. The summed E-state index contributed by atoms with van der Waals surface area (Å²) in [5.74, 6) is 1.02. The van der Waals surface area contributed by atoms with Gasteiger partial charge >= 0.3 is 0 Å². The Labute approximate surface area is 119 Å². The second kappa shape index (κ2) is 5.76. The van der Waals surface area contributed by atoms with Crippen LogP contribution in [0.15, 0.2) is 34.9 Å². The zero-order valence-electron chi connectivity index (χ0n) is 10.3. The number of benzene rings is 1. The van der Waals surface area contributed by atoms with Gasteiger partial charge in [0.1, 0.15) is 0 Å². The van der Waals surface area contributed by atoms with Gasteiger partial charge in [0.25, 0.3) is 0 Å². The molecular formula is C14H14BrNOS. The highest BCUT2D eigenvalue weighted by molar-refractivity contribution is 9.10. The highest BCUT2D eigenvalue weighted by atomic mass is 79.9. The van der Waals surface area contributed by atoms with Crippen LogP contribution in [0.25, 0.3) is 15.8 Å². The summed E-state index contributed by atoms with van der Waals surface area (Å²) in [6.45, 7) is 3.67. The molecule has 0 fully saturated rings. The van der Waals surface area contributed by atoms with Crippen molar-refractivity contribution >= 4 is 49.3 Å². The number of hydrogen-bond donors (Lipinski definition) is 1. The molecule has 0 spiro atoms. The van der Waals surface area contributed by atoms with Gasteiger partial charge in [-0.3, -0.25) is 4.79 Å². The second-order valence-corrected chi connectivity index (χ2v) is 6.17. The number of halogens is 1. The minimum Gasteiger partial charge on any atom is -0.361 e. The minimum atomic E-state index is 0.0790. The van der Waals surface area contributed by atoms with E-state index < -0.39 is 0 Å². The molecule has 0 amide bonds. The number of carbonyl (C=O) groups is 1. The van der Waals surface area contributed by atoms with E-state index >= 15 is 0 Å². The Morgan fingerprint density at radius 2 is 2.28 bits per heavy atom. The Hall–Kier alpha value is -1.000. The van der Waals surface area contributed by atoms with Crippen molar-refractivity contribution in [3.05, 3.63) is 40.5 Å². The number of aromatic amines is 1. The number of ketones is 1. The fraction of sp³-hybridized carbons (Fsp3) is 0.214. The number of allylic oxidation sites excluding steroid dienone is 1. The molecule has 1 heterocycles. The molecule has 0 atom stereocenters. The van der Waals surface area contributed by atoms with Crippen LogP contribution in [0, 0.1) is 0 Å². The number of carbonyl (C=O) groups excluding carboxylic acids is 1. The van der Waals surface area contributed by atoms with E-state index in [1.54, 1.807) is 24.8 Å². The van der Waals surface area contributed by atoms with Crippen molar-refractivity contribution in [2.45, 2.75) is 13.8 Å². The Bertz CT molecular complexity index is 615. The summed E-state index contributed by atoms with van der Waals surface area (Å²) in [5, 5.41) is 1.14. The molecule has 0 unspecified atom stereocenters. The van der Waals surface area contributed by atoms with E-state index in [0.717, 1.165) is 31.6 Å². The molecule has 0 aliphatic rings. The first-order valence-corrected chi connectivity index (χ1v) is 7.51. The maximum Gasteiger partial charge on any atom is 0.153 e. The van der Waals surface area contributed by atoms with Gasteiger partial charge in [0.05, 0.1) is 0 Å². The highest BCUT2D eigenvalue weighted by Crippen LogP contribution is 2.34. The highest BCUT2D eigenvalue weighted by Gasteiger charge is 2.10. The first kappa shape index (κ1) is 13.4. The zero-order valence-corrected chi connectivity index (χ0v) is 12.7. The van der Waals surface area contributed by atoms with Crippen LogP contribution in [-0.2, 0) is 4.79 Å². The molecule has 0 aliphatic heterocycles. The van der Waals surface area contributed by atoms with Gasteiger partial charge < -0.3 is 4.98 Å². The predicted molar refractivity (Wildman–Crippen MR) is 82.8 cm³/mol. The van der Waals surface area contributed by atoms with Gasteiger partial charge in [-0.2, -0.15) is 0 Å². The summed E-state index contributed by atoms with van der Waals surface area (Å²) >= 11 is 5.17. The molecular weight excluding hydrogens is 310 g/mol. The molecule has 18 heavy (non-hydrogen) atoms. The van der Waals surface area contributed by atoms with Crippen LogP contribution in [0.1, 0.15) is 19.4 Å². The monoisotopic (exact) mass is 323 g/mol. The van der Waals surface area contributed by atoms with Crippen LogP contribution in [0.5, 0.6) is 0 Å². The van der Waals surface area contributed by atoms with Crippen molar-refractivity contribution in [3.63, 3.8) is 0 Å². The van der Waals surface area contributed by atoms with E-state index in [-0.39, 0.29) is 5.78 Å². The molecule has 2 aromatic rings. The smallest absolute Gasteiger partial charge is 0.153 e. The standard InChI is InChI=1S/C14H14BrNOS/c1-3-18-14(6-9(2)17)12-8-16-13-5-4-10(15)7-11(12)13/h4-8,16H,3H2,1-2H3/b14-6-. The van der Waals surface area contributed by atoms with Crippen molar-refractivity contribution in [3.8, 4) is 0 Å². The van der Waals surface area contributed by atoms with Crippen LogP contribution >= 0.6 is 27.7 Å². The number of H-pyrrole nitrogens is 1. The lowest BCUT2D eigenvalue weighted by molar-refractivity contribution is -0.112. The quantitative estimate of drug-likeness (QED) is 0.833. The van der Waals surface area contributed by atoms with E-state index in [1.165, 1.54) is 0 Å². The van der Waals surface area contributed by atoms with Crippen molar-refractivity contribution in [2.24, 2.45) is 0 Å². The molecule has 94 valence electrons. The Morgan fingerprint density at radius 1 is 1.50 bits per heavy atom. The molecule has 0 aliphatic carbocycles. The number of rotatable bonds is 4. The van der Waals surface area contributed by atoms with Crippen LogP contribution in [0.2, 0.25) is 0 Å². The lowest BCUT2D eigenvalue weighted by Crippen LogP contribution is -1.86. The van der Waals surface area contributed by atoms with Gasteiger partial charge in [-0.1, -0.05) is 22.9 Å². The third-order valence-corrected chi connectivity index (χ3v) is 3.97. The summed E-state index contributed by atoms with van der Waals surface area (Å²) in [5.41, 5.74) is 2.17. The Balaban J connectivity index is 2.57. The van der Waals surface area contributed by atoms with E-state index in [1.807, 2.05) is 18.3 Å². The number of thioether (sulfide) groups is 1. The number of hydrogen-bond acceptors (Lipinski definition) is 2. The Morgan fingerprint density at radius 3 is 2.94 bits per heavy atom. The van der Waals surface area contributed by atoms with Crippen molar-refractivity contribution in [1.82, 2.24) is 4.98 Å². The molecule has 2 nitrogen and oxygen atoms in total. The van der Waals surface area contributed by atoms with Crippen LogP contribution in [0.4, 0.5) is 0 Å². The van der Waals surface area contributed by atoms with Crippen molar-refractivity contribution < 1.29 is 4.79 Å². The largest absolute Gasteiger partial charge is 0.361 e. The van der Waals surface area contributed by atoms with Gasteiger partial charge in [-0.05, 0) is 37.0 Å². The first-order valence-electron chi connectivity index (χ1n) is 5.74. The molecule has 4 heteroatoms. The van der Waals surface area contributed by atoms with Crippen molar-refractivity contribution in [1.29, 1.82) is 0 Å². The number of fused-ring (bicyclic) bond motifs is 1. The average molecular weight is 324 g/mol. The van der Waals surface area contributed by atoms with Crippen molar-refractivity contribution in [2.75, 3.05) is 5.75 Å². The predicted octanol–water partition coefficient (Wildman–Crippen LogP) is 4.61. The van der Waals surface area contributed by atoms with E-state index in [9.17, 15) is 4.79 Å². The summed E-state index contributed by atoms with van der Waals surface area (Å²) in [7, 11) is 0. The lowest BCUT2D eigenvalue weighted by atomic mass is 10.1. The summed E-state index contributed by atoms with van der Waals surface area (Å²) < 4.78 is 1.04. The van der Waals surface area contributed by atoms with E-state index in [4.69, 9.17) is 0 Å². The third-order valence-electron chi connectivity index (χ3n) is 2.54. The molecule has 1 aromatic heterocycles. The van der Waals surface area contributed by atoms with Gasteiger partial charge in [0.15, 0.2) is 5.78 Å². The zero-order chi connectivity index (χ0) is 13.1. The normalized spacial score (nSPS) is 12.1. The molecule has 0 saturated heterocycles. The number of aromatic nitrogens is 1. The van der Waals surface area contributed by atoms with Gasteiger partial charge in [-0.25, -0.2) is 0 Å². The fourth-order valence-electron chi connectivity index (χ4n) is 1.83. The molecule has 1 N–H and O–H groups in total. The summed E-state index contributed by atoms with van der Waals surface area (Å²) in [6, 6.07) is 6.11. The van der Waals surface area contributed by atoms with Gasteiger partial charge in [-0.15, -0.1) is 11.8 Å². The van der Waals surface area contributed by atoms with E-state index in [2.05, 4.69) is 33.9 Å². The molecule has 1 aromatic carbocycles. The maximum absolute atomic E-state index is 11.3. The molecule has 2 rings (SSSR count). The molecule has 0 saturated carbocycles. The summed E-state index contributed by atoms with van der Waals surface area (Å²) in [4.78, 5) is 15.6. The SMILES string of the molecule is CCS/C(=C\C(C)=O)c1c[nH]c2ccc(Br)cc12. The topological polar surface area (TPSA) is 32.9 Å². The fourth-order valence-corrected chi connectivity index (χ4v) is 3.08. The van der Waals surface area contributed by atoms with E-state index in [0.29, 0.717) is 0 Å². The van der Waals surface area contributed by atoms with Crippen LogP contribution < -0.4 is 0 Å². The molecule has 0 radical (unpaired) electrons. The molecule has 0 bridgehead atoms. The van der Waals surface area contributed by atoms with Gasteiger partial charge in [0.2, 0.25) is 0 Å². The minimum absolute atomic E-state index is 0.0790. The first-order chi connectivity index (χ1) is 8.61.